The van der Waals surface area contributed by atoms with Gasteiger partial charge in [0.25, 0.3) is 0 Å². The number of hydrogen-bond acceptors (Lipinski definition) is 3. The summed E-state index contributed by atoms with van der Waals surface area (Å²) in [7, 11) is 3.94. The predicted molar refractivity (Wildman–Crippen MR) is 76.2 cm³/mol. The number of rotatable bonds is 7. The van der Waals surface area contributed by atoms with E-state index in [2.05, 4.69) is 42.4 Å². The van der Waals surface area contributed by atoms with Gasteiger partial charge in [0, 0.05) is 39.0 Å². The predicted octanol–water partition coefficient (Wildman–Crippen LogP) is 2.33. The molecule has 3 heteroatoms. The van der Waals surface area contributed by atoms with Crippen molar-refractivity contribution in [3.05, 3.63) is 29.3 Å². The molecule has 1 aliphatic rings. The highest BCUT2D eigenvalue weighted by molar-refractivity contribution is 5.55. The van der Waals surface area contributed by atoms with E-state index in [4.69, 9.17) is 4.74 Å². The van der Waals surface area contributed by atoms with Crippen LogP contribution < -0.4 is 10.2 Å². The summed E-state index contributed by atoms with van der Waals surface area (Å²) in [5, 5.41) is 3.38. The number of methoxy groups -OCH3 is 1. The van der Waals surface area contributed by atoms with E-state index >= 15 is 0 Å². The number of anilines is 1. The van der Waals surface area contributed by atoms with Crippen molar-refractivity contribution in [3.63, 3.8) is 0 Å². The van der Waals surface area contributed by atoms with Crippen LogP contribution in [-0.2, 0) is 11.3 Å². The van der Waals surface area contributed by atoms with E-state index in [9.17, 15) is 0 Å². The van der Waals surface area contributed by atoms with Gasteiger partial charge in [-0.15, -0.1) is 0 Å². The SMILES string of the molecule is COCCNCc1ccc(N(C)C2CC2)c(C)c1. The molecule has 0 heterocycles. The van der Waals surface area contributed by atoms with Gasteiger partial charge in [-0.25, -0.2) is 0 Å². The largest absolute Gasteiger partial charge is 0.383 e. The van der Waals surface area contributed by atoms with E-state index < -0.39 is 0 Å². The Balaban J connectivity index is 1.92. The maximum Gasteiger partial charge on any atom is 0.0587 e. The van der Waals surface area contributed by atoms with Crippen LogP contribution >= 0.6 is 0 Å². The number of nitrogens with one attached hydrogen (secondary N) is 1. The zero-order chi connectivity index (χ0) is 13.0. The average molecular weight is 248 g/mol. The summed E-state index contributed by atoms with van der Waals surface area (Å²) >= 11 is 0. The molecular weight excluding hydrogens is 224 g/mol. The molecule has 0 saturated heterocycles. The highest BCUT2D eigenvalue weighted by Crippen LogP contribution is 2.32. The second-order valence-corrected chi connectivity index (χ2v) is 5.13. The fraction of sp³-hybridized carbons (Fsp3) is 0.600. The first-order valence-electron chi connectivity index (χ1n) is 6.74. The average Bonchev–Trinajstić information content (AvgIpc) is 3.18. The molecule has 1 saturated carbocycles. The molecule has 2 rings (SSSR count). The summed E-state index contributed by atoms with van der Waals surface area (Å²) in [4.78, 5) is 2.41. The molecule has 0 aromatic heterocycles. The third-order valence-corrected chi connectivity index (χ3v) is 3.55. The standard InChI is InChI=1S/C15H24N2O/c1-12-10-13(11-16-8-9-18-3)4-7-15(12)17(2)14-5-6-14/h4,7,10,14,16H,5-6,8-9,11H2,1-3H3. The van der Waals surface area contributed by atoms with Crippen molar-refractivity contribution < 1.29 is 4.74 Å². The first kappa shape index (κ1) is 13.4. The first-order chi connectivity index (χ1) is 8.72. The van der Waals surface area contributed by atoms with Gasteiger partial charge in [-0.3, -0.25) is 0 Å². The van der Waals surface area contributed by atoms with Crippen molar-refractivity contribution in [2.24, 2.45) is 0 Å². The van der Waals surface area contributed by atoms with E-state index in [1.54, 1.807) is 7.11 Å². The number of nitrogens with zero attached hydrogens (tertiary/aromatic N) is 1. The summed E-state index contributed by atoms with van der Waals surface area (Å²) in [6, 6.07) is 7.53. The number of hydrogen-bond donors (Lipinski definition) is 1. The molecule has 1 N–H and O–H groups in total. The number of ether oxygens (including phenoxy) is 1. The first-order valence-corrected chi connectivity index (χ1v) is 6.74. The van der Waals surface area contributed by atoms with Crippen LogP contribution in [0.25, 0.3) is 0 Å². The number of aryl methyl sites for hydroxylation is 1. The van der Waals surface area contributed by atoms with Gasteiger partial charge in [-0.05, 0) is 37.0 Å². The lowest BCUT2D eigenvalue weighted by molar-refractivity contribution is 0.199. The van der Waals surface area contributed by atoms with Gasteiger partial charge >= 0.3 is 0 Å². The zero-order valence-electron chi connectivity index (χ0n) is 11.7. The number of benzene rings is 1. The maximum absolute atomic E-state index is 5.02. The Kier molecular flexibility index (Phi) is 4.61. The minimum absolute atomic E-state index is 0.765. The normalized spacial score (nSPS) is 14.8. The third-order valence-electron chi connectivity index (χ3n) is 3.55. The van der Waals surface area contributed by atoms with Crippen LogP contribution in [0.1, 0.15) is 24.0 Å². The molecule has 18 heavy (non-hydrogen) atoms. The van der Waals surface area contributed by atoms with Gasteiger partial charge in [0.1, 0.15) is 0 Å². The van der Waals surface area contributed by atoms with Crippen LogP contribution in [0.5, 0.6) is 0 Å². The van der Waals surface area contributed by atoms with Crippen LogP contribution in [0.4, 0.5) is 5.69 Å². The Morgan fingerprint density at radius 3 is 2.78 bits per heavy atom. The van der Waals surface area contributed by atoms with Gasteiger partial charge in [-0.1, -0.05) is 12.1 Å². The van der Waals surface area contributed by atoms with Crippen molar-refractivity contribution in [3.8, 4) is 0 Å². The molecule has 0 aliphatic heterocycles. The lowest BCUT2D eigenvalue weighted by Crippen LogP contribution is -2.21. The second-order valence-electron chi connectivity index (χ2n) is 5.13. The molecule has 0 radical (unpaired) electrons. The summed E-state index contributed by atoms with van der Waals surface area (Å²) in [5.41, 5.74) is 4.09. The van der Waals surface area contributed by atoms with Crippen molar-refractivity contribution in [1.29, 1.82) is 0 Å². The summed E-state index contributed by atoms with van der Waals surface area (Å²) < 4.78 is 5.02. The summed E-state index contributed by atoms with van der Waals surface area (Å²) in [6.45, 7) is 4.78. The van der Waals surface area contributed by atoms with Gasteiger partial charge in [0.05, 0.1) is 6.61 Å². The minimum Gasteiger partial charge on any atom is -0.383 e. The van der Waals surface area contributed by atoms with Crippen LogP contribution in [0.15, 0.2) is 18.2 Å². The maximum atomic E-state index is 5.02. The summed E-state index contributed by atoms with van der Waals surface area (Å²) in [6.07, 6.45) is 2.69. The van der Waals surface area contributed by atoms with Crippen LogP contribution in [0, 0.1) is 6.92 Å². The quantitative estimate of drug-likeness (QED) is 0.750. The van der Waals surface area contributed by atoms with E-state index in [1.165, 1.54) is 29.7 Å². The van der Waals surface area contributed by atoms with Crippen LogP contribution in [0.2, 0.25) is 0 Å². The molecule has 0 unspecified atom stereocenters. The monoisotopic (exact) mass is 248 g/mol. The van der Waals surface area contributed by atoms with Crippen molar-refractivity contribution >= 4 is 5.69 Å². The fourth-order valence-corrected chi connectivity index (χ4v) is 2.29. The summed E-state index contributed by atoms with van der Waals surface area (Å²) in [5.74, 6) is 0. The molecule has 100 valence electrons. The highest BCUT2D eigenvalue weighted by Gasteiger charge is 2.26. The molecule has 1 aliphatic carbocycles. The molecule has 1 fully saturated rings. The third kappa shape index (κ3) is 3.47. The molecule has 0 spiro atoms. The van der Waals surface area contributed by atoms with Gasteiger partial charge < -0.3 is 15.0 Å². The Morgan fingerprint density at radius 2 is 2.17 bits per heavy atom. The van der Waals surface area contributed by atoms with E-state index in [-0.39, 0.29) is 0 Å². The van der Waals surface area contributed by atoms with Crippen molar-refractivity contribution in [2.75, 3.05) is 32.2 Å². The topological polar surface area (TPSA) is 24.5 Å². The van der Waals surface area contributed by atoms with Gasteiger partial charge in [0.15, 0.2) is 0 Å². The van der Waals surface area contributed by atoms with Crippen molar-refractivity contribution in [2.45, 2.75) is 32.4 Å². The Hall–Kier alpha value is -1.06. The van der Waals surface area contributed by atoms with E-state index in [0.29, 0.717) is 0 Å². The minimum atomic E-state index is 0.765. The Morgan fingerprint density at radius 1 is 1.39 bits per heavy atom. The van der Waals surface area contributed by atoms with Gasteiger partial charge in [-0.2, -0.15) is 0 Å². The van der Waals surface area contributed by atoms with Gasteiger partial charge in [0.2, 0.25) is 0 Å². The van der Waals surface area contributed by atoms with E-state index in [1.807, 2.05) is 0 Å². The van der Waals surface area contributed by atoms with Crippen LogP contribution in [0.3, 0.4) is 0 Å². The molecule has 1 aromatic carbocycles. The zero-order valence-corrected chi connectivity index (χ0v) is 11.7. The lowest BCUT2D eigenvalue weighted by Gasteiger charge is -2.21. The molecular formula is C15H24N2O. The molecule has 0 amide bonds. The van der Waals surface area contributed by atoms with E-state index in [0.717, 1.165) is 25.7 Å². The Bertz CT molecular complexity index is 388. The Labute approximate surface area is 110 Å². The molecule has 0 bridgehead atoms. The lowest BCUT2D eigenvalue weighted by atomic mass is 10.1. The smallest absolute Gasteiger partial charge is 0.0587 e. The molecule has 3 nitrogen and oxygen atoms in total. The molecule has 1 aromatic rings. The highest BCUT2D eigenvalue weighted by atomic mass is 16.5. The second kappa shape index (κ2) is 6.21. The van der Waals surface area contributed by atoms with Crippen molar-refractivity contribution in [1.82, 2.24) is 5.32 Å². The van der Waals surface area contributed by atoms with Crippen LogP contribution in [-0.4, -0.2) is 33.4 Å². The molecule has 0 atom stereocenters. The fourth-order valence-electron chi connectivity index (χ4n) is 2.29.